The highest BCUT2D eigenvalue weighted by Crippen LogP contribution is 2.28. The van der Waals surface area contributed by atoms with Gasteiger partial charge >= 0.3 is 0 Å². The average molecular weight is 313 g/mol. The predicted molar refractivity (Wildman–Crippen MR) is 82.6 cm³/mol. The van der Waals surface area contributed by atoms with Crippen LogP contribution in [0.15, 0.2) is 18.2 Å². The lowest BCUT2D eigenvalue weighted by Crippen LogP contribution is -2.23. The van der Waals surface area contributed by atoms with Crippen LogP contribution in [0.3, 0.4) is 0 Å². The number of hydrogen-bond donors (Lipinski definition) is 1. The molecule has 1 fully saturated rings. The summed E-state index contributed by atoms with van der Waals surface area (Å²) in [5, 5.41) is 3.33. The van der Waals surface area contributed by atoms with Gasteiger partial charge in [0, 0.05) is 6.54 Å². The van der Waals surface area contributed by atoms with E-state index in [2.05, 4.69) is 5.32 Å². The molecule has 0 aromatic heterocycles. The van der Waals surface area contributed by atoms with E-state index in [0.29, 0.717) is 24.7 Å². The fourth-order valence-corrected chi connectivity index (χ4v) is 4.41. The Morgan fingerprint density at radius 1 is 1.33 bits per heavy atom. The summed E-state index contributed by atoms with van der Waals surface area (Å²) in [5.41, 5.74) is 1.10. The Labute approximate surface area is 126 Å². The number of rotatable bonds is 7. The highest BCUT2D eigenvalue weighted by molar-refractivity contribution is 7.91. The predicted octanol–water partition coefficient (Wildman–Crippen LogP) is 1.62. The summed E-state index contributed by atoms with van der Waals surface area (Å²) in [7, 11) is -1.17. The number of hydrogen-bond acceptors (Lipinski definition) is 5. The van der Waals surface area contributed by atoms with Crippen molar-refractivity contribution in [1.29, 1.82) is 0 Å². The lowest BCUT2D eigenvalue weighted by molar-refractivity contribution is 0.310. The van der Waals surface area contributed by atoms with Crippen LogP contribution < -0.4 is 14.8 Å². The zero-order chi connectivity index (χ0) is 15.3. The van der Waals surface area contributed by atoms with E-state index >= 15 is 0 Å². The summed E-state index contributed by atoms with van der Waals surface area (Å²) in [6.07, 6.45) is 0.766. The minimum Gasteiger partial charge on any atom is -0.493 e. The molecule has 1 atom stereocenters. The van der Waals surface area contributed by atoms with Gasteiger partial charge in [0.05, 0.1) is 25.2 Å². The summed E-state index contributed by atoms with van der Waals surface area (Å²) >= 11 is 0. The molecule has 1 unspecified atom stereocenters. The number of sulfone groups is 1. The SMILES string of the molecule is CCOc1cc(CNCC2CCS(=O)(=O)C2)ccc1OC. The molecule has 1 saturated heterocycles. The highest BCUT2D eigenvalue weighted by Gasteiger charge is 2.27. The third-order valence-corrected chi connectivity index (χ3v) is 5.45. The van der Waals surface area contributed by atoms with Crippen molar-refractivity contribution >= 4 is 9.84 Å². The molecule has 0 spiro atoms. The van der Waals surface area contributed by atoms with E-state index < -0.39 is 9.84 Å². The van der Waals surface area contributed by atoms with Crippen molar-refractivity contribution in [2.24, 2.45) is 5.92 Å². The largest absolute Gasteiger partial charge is 0.493 e. The molecule has 0 saturated carbocycles. The van der Waals surface area contributed by atoms with Gasteiger partial charge in [0.15, 0.2) is 21.3 Å². The van der Waals surface area contributed by atoms with Crippen molar-refractivity contribution in [2.75, 3.05) is 31.8 Å². The molecule has 0 bridgehead atoms. The molecule has 1 aromatic carbocycles. The summed E-state index contributed by atoms with van der Waals surface area (Å²) in [5.74, 6) is 2.34. The van der Waals surface area contributed by atoms with Gasteiger partial charge < -0.3 is 14.8 Å². The van der Waals surface area contributed by atoms with E-state index in [1.54, 1.807) is 7.11 Å². The maximum atomic E-state index is 11.4. The lowest BCUT2D eigenvalue weighted by atomic mass is 10.1. The van der Waals surface area contributed by atoms with Crippen LogP contribution in [0.4, 0.5) is 0 Å². The van der Waals surface area contributed by atoms with E-state index in [9.17, 15) is 8.42 Å². The second kappa shape index (κ2) is 7.13. The van der Waals surface area contributed by atoms with Gasteiger partial charge in [-0.05, 0) is 43.5 Å². The molecule has 6 heteroatoms. The molecule has 0 amide bonds. The molecule has 1 aromatic rings. The highest BCUT2D eigenvalue weighted by atomic mass is 32.2. The summed E-state index contributed by atoms with van der Waals surface area (Å²) in [6.45, 7) is 3.95. The molecule has 1 N–H and O–H groups in total. The van der Waals surface area contributed by atoms with Crippen LogP contribution in [0.2, 0.25) is 0 Å². The van der Waals surface area contributed by atoms with Crippen LogP contribution >= 0.6 is 0 Å². The number of benzene rings is 1. The summed E-state index contributed by atoms with van der Waals surface area (Å²) in [4.78, 5) is 0. The second-order valence-corrected chi connectivity index (χ2v) is 7.55. The van der Waals surface area contributed by atoms with Crippen LogP contribution in [0, 0.1) is 5.92 Å². The van der Waals surface area contributed by atoms with Crippen LogP contribution in [-0.4, -0.2) is 40.2 Å². The van der Waals surface area contributed by atoms with Crippen LogP contribution in [-0.2, 0) is 16.4 Å². The second-order valence-electron chi connectivity index (χ2n) is 5.32. The number of nitrogens with one attached hydrogen (secondary N) is 1. The molecule has 0 radical (unpaired) electrons. The van der Waals surface area contributed by atoms with Gasteiger partial charge in [0.25, 0.3) is 0 Å². The minimum atomic E-state index is -2.79. The molecule has 5 nitrogen and oxygen atoms in total. The first-order valence-corrected chi connectivity index (χ1v) is 9.07. The van der Waals surface area contributed by atoms with Gasteiger partial charge in [-0.3, -0.25) is 0 Å². The van der Waals surface area contributed by atoms with Crippen molar-refractivity contribution in [3.05, 3.63) is 23.8 Å². The standard InChI is InChI=1S/C15H23NO4S/c1-3-20-15-8-12(4-5-14(15)19-2)9-16-10-13-6-7-21(17,18)11-13/h4-5,8,13,16H,3,6-7,9-11H2,1-2H3. The smallest absolute Gasteiger partial charge is 0.161 e. The van der Waals surface area contributed by atoms with Crippen molar-refractivity contribution < 1.29 is 17.9 Å². The Balaban J connectivity index is 1.87. The third-order valence-electron chi connectivity index (χ3n) is 3.62. The Morgan fingerprint density at radius 3 is 2.76 bits per heavy atom. The molecule has 2 rings (SSSR count). The van der Waals surface area contributed by atoms with E-state index in [4.69, 9.17) is 9.47 Å². The van der Waals surface area contributed by atoms with Gasteiger partial charge in [-0.25, -0.2) is 8.42 Å². The van der Waals surface area contributed by atoms with Crippen molar-refractivity contribution in [2.45, 2.75) is 19.9 Å². The van der Waals surface area contributed by atoms with Gasteiger partial charge in [-0.2, -0.15) is 0 Å². The quantitative estimate of drug-likeness (QED) is 0.828. The van der Waals surface area contributed by atoms with E-state index in [1.165, 1.54) is 0 Å². The average Bonchev–Trinajstić information content (AvgIpc) is 2.79. The van der Waals surface area contributed by atoms with E-state index in [-0.39, 0.29) is 5.92 Å². The Kier molecular flexibility index (Phi) is 5.47. The summed E-state index contributed by atoms with van der Waals surface area (Å²) in [6, 6.07) is 5.84. The molecular weight excluding hydrogens is 290 g/mol. The molecular formula is C15H23NO4S. The topological polar surface area (TPSA) is 64.6 Å². The number of ether oxygens (including phenoxy) is 2. The molecule has 1 aliphatic heterocycles. The fourth-order valence-electron chi connectivity index (χ4n) is 2.55. The maximum Gasteiger partial charge on any atom is 0.161 e. The molecule has 1 aliphatic rings. The van der Waals surface area contributed by atoms with Gasteiger partial charge in [-0.1, -0.05) is 6.07 Å². The first-order valence-electron chi connectivity index (χ1n) is 7.25. The molecule has 0 aliphatic carbocycles. The van der Waals surface area contributed by atoms with Gasteiger partial charge in [0.1, 0.15) is 0 Å². The van der Waals surface area contributed by atoms with Crippen molar-refractivity contribution in [3.63, 3.8) is 0 Å². The van der Waals surface area contributed by atoms with Crippen molar-refractivity contribution in [1.82, 2.24) is 5.32 Å². The zero-order valence-corrected chi connectivity index (χ0v) is 13.4. The molecule has 118 valence electrons. The van der Waals surface area contributed by atoms with Crippen LogP contribution in [0.1, 0.15) is 18.9 Å². The first kappa shape index (κ1) is 16.1. The summed E-state index contributed by atoms with van der Waals surface area (Å²) < 4.78 is 33.6. The third kappa shape index (κ3) is 4.61. The van der Waals surface area contributed by atoms with Gasteiger partial charge in [-0.15, -0.1) is 0 Å². The van der Waals surface area contributed by atoms with E-state index in [0.717, 1.165) is 30.0 Å². The molecule has 1 heterocycles. The first-order chi connectivity index (χ1) is 10.0. The monoisotopic (exact) mass is 313 g/mol. The molecule has 21 heavy (non-hydrogen) atoms. The number of methoxy groups -OCH3 is 1. The van der Waals surface area contributed by atoms with Gasteiger partial charge in [0.2, 0.25) is 0 Å². The fraction of sp³-hybridized carbons (Fsp3) is 0.600. The van der Waals surface area contributed by atoms with E-state index in [1.807, 2.05) is 25.1 Å². The zero-order valence-electron chi connectivity index (χ0n) is 12.6. The van der Waals surface area contributed by atoms with Crippen LogP contribution in [0.5, 0.6) is 11.5 Å². The Morgan fingerprint density at radius 2 is 2.14 bits per heavy atom. The normalized spacial score (nSPS) is 20.4. The minimum absolute atomic E-state index is 0.236. The lowest BCUT2D eigenvalue weighted by Gasteiger charge is -2.13. The van der Waals surface area contributed by atoms with Crippen molar-refractivity contribution in [3.8, 4) is 11.5 Å². The Bertz CT molecular complexity index is 571. The van der Waals surface area contributed by atoms with Crippen LogP contribution in [0.25, 0.3) is 0 Å². The maximum absolute atomic E-state index is 11.4. The Hall–Kier alpha value is -1.27.